The van der Waals surface area contributed by atoms with Gasteiger partial charge in [-0.2, -0.15) is 0 Å². The highest BCUT2D eigenvalue weighted by atomic mass is 15.2. The molecule has 3 heteroatoms. The first-order valence-corrected chi connectivity index (χ1v) is 7.64. The van der Waals surface area contributed by atoms with Gasteiger partial charge in [-0.1, -0.05) is 19.4 Å². The Morgan fingerprint density at radius 1 is 1.37 bits per heavy atom. The minimum atomic E-state index is 0.689. The molecule has 19 heavy (non-hydrogen) atoms. The number of hydrogen-bond donors (Lipinski definition) is 1. The molecule has 0 saturated heterocycles. The van der Waals surface area contributed by atoms with Gasteiger partial charge in [-0.3, -0.25) is 4.98 Å². The van der Waals surface area contributed by atoms with Crippen LogP contribution in [0.1, 0.15) is 38.3 Å². The molecule has 0 amide bonds. The van der Waals surface area contributed by atoms with E-state index in [1.54, 1.807) is 0 Å². The molecule has 1 aliphatic carbocycles. The first-order chi connectivity index (χ1) is 9.31. The lowest BCUT2D eigenvalue weighted by Crippen LogP contribution is -2.46. The Hall–Kier alpha value is -0.930. The summed E-state index contributed by atoms with van der Waals surface area (Å²) in [5, 5.41) is 3.70. The van der Waals surface area contributed by atoms with E-state index < -0.39 is 0 Å². The summed E-state index contributed by atoms with van der Waals surface area (Å²) in [6, 6.07) is 7.57. The van der Waals surface area contributed by atoms with Gasteiger partial charge in [0.05, 0.1) is 0 Å². The molecular weight excluding hydrogens is 234 g/mol. The Morgan fingerprint density at radius 2 is 2.26 bits per heavy atom. The smallest absolute Gasteiger partial charge is 0.0416 e. The zero-order valence-electron chi connectivity index (χ0n) is 12.3. The van der Waals surface area contributed by atoms with Crippen molar-refractivity contribution in [3.05, 3.63) is 30.1 Å². The molecule has 2 unspecified atom stereocenters. The number of nitrogens with zero attached hydrogens (tertiary/aromatic N) is 2. The molecular formula is C16H27N3. The first kappa shape index (κ1) is 14.5. The molecule has 0 bridgehead atoms. The highest BCUT2D eigenvalue weighted by Gasteiger charge is 2.29. The SMILES string of the molecule is CCCNC1CCCC1N(C)CCc1ccccn1. The Balaban J connectivity index is 1.80. The summed E-state index contributed by atoms with van der Waals surface area (Å²) in [5.74, 6) is 0. The van der Waals surface area contributed by atoms with E-state index in [2.05, 4.69) is 41.3 Å². The predicted molar refractivity (Wildman–Crippen MR) is 80.3 cm³/mol. The summed E-state index contributed by atoms with van der Waals surface area (Å²) in [4.78, 5) is 6.93. The van der Waals surface area contributed by atoms with Gasteiger partial charge in [0.15, 0.2) is 0 Å². The highest BCUT2D eigenvalue weighted by Crippen LogP contribution is 2.23. The fourth-order valence-corrected chi connectivity index (χ4v) is 3.04. The average molecular weight is 261 g/mol. The maximum Gasteiger partial charge on any atom is 0.0416 e. The van der Waals surface area contributed by atoms with Gasteiger partial charge in [-0.05, 0) is 45.0 Å². The molecule has 0 aromatic carbocycles. The molecule has 1 aromatic heterocycles. The van der Waals surface area contributed by atoms with Gasteiger partial charge in [0, 0.05) is 36.9 Å². The number of aromatic nitrogens is 1. The zero-order valence-corrected chi connectivity index (χ0v) is 12.3. The molecule has 0 spiro atoms. The Bertz CT molecular complexity index is 352. The van der Waals surface area contributed by atoms with E-state index in [1.807, 2.05) is 12.3 Å². The maximum absolute atomic E-state index is 4.40. The normalized spacial score (nSPS) is 23.1. The molecule has 2 rings (SSSR count). The second-order valence-electron chi connectivity index (χ2n) is 5.61. The van der Waals surface area contributed by atoms with Gasteiger partial charge in [-0.25, -0.2) is 0 Å². The number of likely N-dealkylation sites (N-methyl/N-ethyl adjacent to an activating group) is 1. The van der Waals surface area contributed by atoms with Crippen LogP contribution >= 0.6 is 0 Å². The van der Waals surface area contributed by atoms with E-state index in [9.17, 15) is 0 Å². The van der Waals surface area contributed by atoms with Crippen molar-refractivity contribution in [2.45, 2.75) is 51.1 Å². The summed E-state index contributed by atoms with van der Waals surface area (Å²) >= 11 is 0. The zero-order chi connectivity index (χ0) is 13.5. The largest absolute Gasteiger partial charge is 0.312 e. The van der Waals surface area contributed by atoms with Crippen LogP contribution in [0.15, 0.2) is 24.4 Å². The summed E-state index contributed by atoms with van der Waals surface area (Å²) in [6.45, 7) is 4.49. The molecule has 3 nitrogen and oxygen atoms in total. The molecule has 0 aliphatic heterocycles. The molecule has 0 radical (unpaired) electrons. The summed E-state index contributed by atoms with van der Waals surface area (Å²) < 4.78 is 0. The van der Waals surface area contributed by atoms with E-state index >= 15 is 0 Å². The minimum absolute atomic E-state index is 0.689. The van der Waals surface area contributed by atoms with Gasteiger partial charge in [-0.15, -0.1) is 0 Å². The monoisotopic (exact) mass is 261 g/mol. The molecule has 1 fully saturated rings. The highest BCUT2D eigenvalue weighted by molar-refractivity contribution is 5.04. The van der Waals surface area contributed by atoms with Crippen LogP contribution in [0, 0.1) is 0 Å². The number of rotatable bonds is 7. The first-order valence-electron chi connectivity index (χ1n) is 7.64. The molecule has 1 saturated carbocycles. The summed E-state index contributed by atoms with van der Waals surface area (Å²) in [5.41, 5.74) is 1.20. The van der Waals surface area contributed by atoms with Crippen LogP contribution in [-0.2, 0) is 6.42 Å². The molecule has 1 heterocycles. The molecule has 106 valence electrons. The molecule has 1 aliphatic rings. The Kier molecular flexibility index (Phi) is 5.80. The van der Waals surface area contributed by atoms with Gasteiger partial charge in [0.1, 0.15) is 0 Å². The third-order valence-corrected chi connectivity index (χ3v) is 4.15. The van der Waals surface area contributed by atoms with E-state index in [1.165, 1.54) is 31.4 Å². The quantitative estimate of drug-likeness (QED) is 0.817. The van der Waals surface area contributed by atoms with Gasteiger partial charge in [0.2, 0.25) is 0 Å². The van der Waals surface area contributed by atoms with E-state index in [0.717, 1.165) is 19.5 Å². The van der Waals surface area contributed by atoms with Crippen LogP contribution in [0.2, 0.25) is 0 Å². The lowest BCUT2D eigenvalue weighted by Gasteiger charge is -2.30. The molecule has 1 N–H and O–H groups in total. The number of nitrogens with one attached hydrogen (secondary N) is 1. The van der Waals surface area contributed by atoms with Crippen molar-refractivity contribution in [2.75, 3.05) is 20.1 Å². The van der Waals surface area contributed by atoms with Gasteiger partial charge < -0.3 is 10.2 Å². The summed E-state index contributed by atoms with van der Waals surface area (Å²) in [7, 11) is 2.26. The van der Waals surface area contributed by atoms with Gasteiger partial charge >= 0.3 is 0 Å². The molecule has 2 atom stereocenters. The van der Waals surface area contributed by atoms with Crippen LogP contribution in [0.3, 0.4) is 0 Å². The van der Waals surface area contributed by atoms with Crippen molar-refractivity contribution in [1.29, 1.82) is 0 Å². The Morgan fingerprint density at radius 3 is 3.00 bits per heavy atom. The van der Waals surface area contributed by atoms with E-state index in [4.69, 9.17) is 0 Å². The fourth-order valence-electron chi connectivity index (χ4n) is 3.04. The van der Waals surface area contributed by atoms with Crippen LogP contribution in [-0.4, -0.2) is 42.1 Å². The standard InChI is InChI=1S/C16H27N3/c1-3-11-18-15-8-6-9-16(15)19(2)13-10-14-7-4-5-12-17-14/h4-5,7,12,15-16,18H,3,6,8-11,13H2,1-2H3. The second-order valence-corrected chi connectivity index (χ2v) is 5.61. The van der Waals surface area contributed by atoms with Crippen LogP contribution < -0.4 is 5.32 Å². The van der Waals surface area contributed by atoms with E-state index in [0.29, 0.717) is 12.1 Å². The van der Waals surface area contributed by atoms with Crippen LogP contribution in [0.5, 0.6) is 0 Å². The average Bonchev–Trinajstić information content (AvgIpc) is 2.92. The maximum atomic E-state index is 4.40. The fraction of sp³-hybridized carbons (Fsp3) is 0.688. The minimum Gasteiger partial charge on any atom is -0.312 e. The van der Waals surface area contributed by atoms with Gasteiger partial charge in [0.25, 0.3) is 0 Å². The predicted octanol–water partition coefficient (Wildman–Crippen LogP) is 2.48. The van der Waals surface area contributed by atoms with Crippen molar-refractivity contribution >= 4 is 0 Å². The lowest BCUT2D eigenvalue weighted by molar-refractivity contribution is 0.213. The molecule has 1 aromatic rings. The third-order valence-electron chi connectivity index (χ3n) is 4.15. The van der Waals surface area contributed by atoms with Crippen molar-refractivity contribution in [1.82, 2.24) is 15.2 Å². The van der Waals surface area contributed by atoms with Crippen molar-refractivity contribution in [3.63, 3.8) is 0 Å². The number of hydrogen-bond acceptors (Lipinski definition) is 3. The Labute approximate surface area is 117 Å². The number of pyridine rings is 1. The van der Waals surface area contributed by atoms with Crippen molar-refractivity contribution in [2.24, 2.45) is 0 Å². The second kappa shape index (κ2) is 7.61. The van der Waals surface area contributed by atoms with Crippen molar-refractivity contribution < 1.29 is 0 Å². The van der Waals surface area contributed by atoms with Crippen LogP contribution in [0.25, 0.3) is 0 Å². The van der Waals surface area contributed by atoms with Crippen LogP contribution in [0.4, 0.5) is 0 Å². The summed E-state index contributed by atoms with van der Waals surface area (Å²) in [6.07, 6.45) is 8.18. The van der Waals surface area contributed by atoms with E-state index in [-0.39, 0.29) is 0 Å². The topological polar surface area (TPSA) is 28.2 Å². The van der Waals surface area contributed by atoms with Crippen molar-refractivity contribution in [3.8, 4) is 0 Å². The third kappa shape index (κ3) is 4.29. The lowest BCUT2D eigenvalue weighted by atomic mass is 10.1.